The number of carboxylic acids is 1. The number of aliphatic carboxylic acids is 1. The van der Waals surface area contributed by atoms with Gasteiger partial charge in [0.05, 0.1) is 0 Å². The Morgan fingerprint density at radius 2 is 2.13 bits per heavy atom. The predicted octanol–water partition coefficient (Wildman–Crippen LogP) is 1.54. The Morgan fingerprint density at radius 1 is 1.47 bits per heavy atom. The quantitative estimate of drug-likeness (QED) is 0.457. The SMILES string of the molecule is O=C(O)COc1ccccc1N(O)CCl. The number of carbonyl (C=O) groups is 1. The summed E-state index contributed by atoms with van der Waals surface area (Å²) in [5, 5.41) is 18.5. The van der Waals surface area contributed by atoms with Crippen molar-refractivity contribution in [1.82, 2.24) is 0 Å². The molecule has 15 heavy (non-hydrogen) atoms. The second-order valence-corrected chi connectivity index (χ2v) is 2.91. The zero-order valence-electron chi connectivity index (χ0n) is 7.76. The van der Waals surface area contributed by atoms with Crippen molar-refractivity contribution in [3.8, 4) is 5.75 Å². The van der Waals surface area contributed by atoms with Crippen LogP contribution in [0.4, 0.5) is 5.69 Å². The Labute approximate surface area is 91.4 Å². The maximum Gasteiger partial charge on any atom is 0.341 e. The van der Waals surface area contributed by atoms with Gasteiger partial charge in [0, 0.05) is 0 Å². The van der Waals surface area contributed by atoms with Crippen molar-refractivity contribution in [2.75, 3.05) is 17.7 Å². The average molecular weight is 232 g/mol. The molecule has 0 heterocycles. The highest BCUT2D eigenvalue weighted by atomic mass is 35.5. The topological polar surface area (TPSA) is 70.0 Å². The number of carboxylic acid groups (broad SMARTS) is 1. The summed E-state index contributed by atoms with van der Waals surface area (Å²) in [6.07, 6.45) is 0. The van der Waals surface area contributed by atoms with Gasteiger partial charge in [0.25, 0.3) is 0 Å². The summed E-state index contributed by atoms with van der Waals surface area (Å²) in [4.78, 5) is 10.3. The highest BCUT2D eigenvalue weighted by Crippen LogP contribution is 2.26. The van der Waals surface area contributed by atoms with E-state index in [-0.39, 0.29) is 11.8 Å². The largest absolute Gasteiger partial charge is 0.480 e. The first-order valence-corrected chi connectivity index (χ1v) is 4.64. The minimum atomic E-state index is -1.08. The van der Waals surface area contributed by atoms with Gasteiger partial charge in [-0.25, -0.2) is 9.86 Å². The van der Waals surface area contributed by atoms with Gasteiger partial charge in [-0.15, -0.1) is 11.6 Å². The van der Waals surface area contributed by atoms with Gasteiger partial charge in [-0.3, -0.25) is 5.21 Å². The second kappa shape index (κ2) is 5.43. The fraction of sp³-hybridized carbons (Fsp3) is 0.222. The van der Waals surface area contributed by atoms with Crippen LogP contribution < -0.4 is 9.80 Å². The number of hydroxylamine groups is 1. The predicted molar refractivity (Wildman–Crippen MR) is 54.6 cm³/mol. The van der Waals surface area contributed by atoms with Gasteiger partial charge >= 0.3 is 5.97 Å². The van der Waals surface area contributed by atoms with Crippen molar-refractivity contribution in [2.45, 2.75) is 0 Å². The van der Waals surface area contributed by atoms with Crippen LogP contribution >= 0.6 is 11.6 Å². The summed E-state index contributed by atoms with van der Waals surface area (Å²) >= 11 is 5.43. The number of alkyl halides is 1. The van der Waals surface area contributed by atoms with Crippen molar-refractivity contribution < 1.29 is 19.8 Å². The highest BCUT2D eigenvalue weighted by molar-refractivity contribution is 6.18. The van der Waals surface area contributed by atoms with Gasteiger partial charge in [-0.1, -0.05) is 12.1 Å². The van der Waals surface area contributed by atoms with Gasteiger partial charge in [0.2, 0.25) is 0 Å². The summed E-state index contributed by atoms with van der Waals surface area (Å²) < 4.78 is 4.96. The summed E-state index contributed by atoms with van der Waals surface area (Å²) in [5.74, 6) is -0.816. The molecule has 1 aromatic rings. The van der Waals surface area contributed by atoms with Crippen molar-refractivity contribution in [2.24, 2.45) is 0 Å². The lowest BCUT2D eigenvalue weighted by molar-refractivity contribution is -0.139. The summed E-state index contributed by atoms with van der Waals surface area (Å²) in [7, 11) is 0. The average Bonchev–Trinajstić information content (AvgIpc) is 2.25. The van der Waals surface area contributed by atoms with Crippen LogP contribution in [0, 0.1) is 0 Å². The molecule has 82 valence electrons. The normalized spacial score (nSPS) is 9.73. The zero-order chi connectivity index (χ0) is 11.3. The molecule has 0 atom stereocenters. The van der Waals surface area contributed by atoms with E-state index in [4.69, 9.17) is 21.4 Å². The summed E-state index contributed by atoms with van der Waals surface area (Å²) in [6.45, 7) is -0.465. The van der Waals surface area contributed by atoms with E-state index < -0.39 is 12.6 Å². The molecule has 0 aromatic heterocycles. The Bertz CT molecular complexity index is 345. The fourth-order valence-corrected chi connectivity index (χ4v) is 1.13. The molecule has 0 unspecified atom stereocenters. The Morgan fingerprint density at radius 3 is 2.73 bits per heavy atom. The van der Waals surface area contributed by atoms with Crippen LogP contribution in [0.1, 0.15) is 0 Å². The lowest BCUT2D eigenvalue weighted by atomic mass is 10.3. The van der Waals surface area contributed by atoms with Gasteiger partial charge in [0.15, 0.2) is 6.61 Å². The van der Waals surface area contributed by atoms with Crippen molar-refractivity contribution >= 4 is 23.3 Å². The Balaban J connectivity index is 2.81. The molecule has 0 aliphatic heterocycles. The number of halogens is 1. The molecule has 0 fully saturated rings. The third kappa shape index (κ3) is 3.30. The Kier molecular flexibility index (Phi) is 4.20. The third-order valence-electron chi connectivity index (χ3n) is 1.61. The number of nitrogens with zero attached hydrogens (tertiary/aromatic N) is 1. The summed E-state index contributed by atoms with van der Waals surface area (Å²) in [6, 6.07) is 6.34. The lowest BCUT2D eigenvalue weighted by Gasteiger charge is -2.16. The molecule has 0 aliphatic rings. The molecule has 1 rings (SSSR count). The number of anilines is 1. The lowest BCUT2D eigenvalue weighted by Crippen LogP contribution is -2.17. The molecule has 0 aliphatic carbocycles. The van der Waals surface area contributed by atoms with E-state index in [0.29, 0.717) is 5.69 Å². The first kappa shape index (κ1) is 11.6. The molecule has 0 saturated carbocycles. The van der Waals surface area contributed by atoms with Crippen LogP contribution in [0.15, 0.2) is 24.3 Å². The van der Waals surface area contributed by atoms with Crippen LogP contribution in [-0.2, 0) is 4.79 Å². The monoisotopic (exact) mass is 231 g/mol. The van der Waals surface area contributed by atoms with Crippen molar-refractivity contribution in [1.29, 1.82) is 0 Å². The molecular formula is C9H10ClNO4. The van der Waals surface area contributed by atoms with Crippen LogP contribution in [0.5, 0.6) is 5.75 Å². The van der Waals surface area contributed by atoms with Crippen LogP contribution in [0.25, 0.3) is 0 Å². The number of benzene rings is 1. The van der Waals surface area contributed by atoms with E-state index in [9.17, 15) is 10.0 Å². The maximum absolute atomic E-state index is 10.3. The molecule has 5 nitrogen and oxygen atoms in total. The third-order valence-corrected chi connectivity index (χ3v) is 1.83. The molecule has 0 radical (unpaired) electrons. The smallest absolute Gasteiger partial charge is 0.341 e. The molecule has 1 aromatic carbocycles. The molecule has 0 bridgehead atoms. The maximum atomic E-state index is 10.3. The van der Waals surface area contributed by atoms with Crippen molar-refractivity contribution in [3.63, 3.8) is 0 Å². The van der Waals surface area contributed by atoms with Crippen LogP contribution in [0.3, 0.4) is 0 Å². The minimum absolute atomic E-state index is 0.132. The summed E-state index contributed by atoms with van der Waals surface area (Å²) in [5.41, 5.74) is 0.328. The number of rotatable bonds is 5. The van der Waals surface area contributed by atoms with E-state index in [0.717, 1.165) is 5.06 Å². The van der Waals surface area contributed by atoms with E-state index in [1.54, 1.807) is 24.3 Å². The van der Waals surface area contributed by atoms with Gasteiger partial charge in [0.1, 0.15) is 17.4 Å². The van der Waals surface area contributed by atoms with Gasteiger partial charge in [-0.2, -0.15) is 0 Å². The van der Waals surface area contributed by atoms with E-state index in [1.165, 1.54) is 0 Å². The first-order chi connectivity index (χ1) is 7.15. The van der Waals surface area contributed by atoms with Crippen LogP contribution in [0.2, 0.25) is 0 Å². The Hall–Kier alpha value is -1.46. The minimum Gasteiger partial charge on any atom is -0.480 e. The zero-order valence-corrected chi connectivity index (χ0v) is 8.52. The second-order valence-electron chi connectivity index (χ2n) is 2.67. The molecule has 0 amide bonds. The van der Waals surface area contributed by atoms with Gasteiger partial charge in [-0.05, 0) is 12.1 Å². The number of ether oxygens (including phenoxy) is 1. The molecule has 2 N–H and O–H groups in total. The standard InChI is InChI=1S/C9H10ClNO4/c10-6-11(14)7-3-1-2-4-8(7)15-5-9(12)13/h1-4,14H,5-6H2,(H,12,13). The first-order valence-electron chi connectivity index (χ1n) is 4.11. The molecule has 0 spiro atoms. The van der Waals surface area contributed by atoms with E-state index >= 15 is 0 Å². The van der Waals surface area contributed by atoms with Gasteiger partial charge < -0.3 is 9.84 Å². The molecule has 0 saturated heterocycles. The molecular weight excluding hydrogens is 222 g/mol. The van der Waals surface area contributed by atoms with Crippen LogP contribution in [-0.4, -0.2) is 28.9 Å². The number of hydrogen-bond acceptors (Lipinski definition) is 4. The van der Waals surface area contributed by atoms with Crippen molar-refractivity contribution in [3.05, 3.63) is 24.3 Å². The van der Waals surface area contributed by atoms with E-state index in [1.807, 2.05) is 0 Å². The number of para-hydroxylation sites is 2. The van der Waals surface area contributed by atoms with E-state index in [2.05, 4.69) is 0 Å². The number of hydrogen-bond donors (Lipinski definition) is 2. The molecule has 6 heteroatoms. The fourth-order valence-electron chi connectivity index (χ4n) is 0.996. The highest BCUT2D eigenvalue weighted by Gasteiger charge is 2.09.